The van der Waals surface area contributed by atoms with E-state index in [0.29, 0.717) is 11.4 Å². The summed E-state index contributed by atoms with van der Waals surface area (Å²) in [5.41, 5.74) is 7.54. The number of nitrogens with two attached hydrogens (primary N) is 1. The number of nitrogens with one attached hydrogen (secondary N) is 1. The molecule has 7 heteroatoms. The van der Waals surface area contributed by atoms with Crippen LogP contribution < -0.4 is 10.5 Å². The van der Waals surface area contributed by atoms with Crippen molar-refractivity contribution in [2.24, 2.45) is 7.05 Å². The highest BCUT2D eigenvalue weighted by atomic mass is 32.2. The molecule has 1 aromatic carbocycles. The maximum absolute atomic E-state index is 12.4. The van der Waals surface area contributed by atoms with Crippen LogP contribution in [0.2, 0.25) is 0 Å². The average molecular weight is 280 g/mol. The molecule has 2 aromatic rings. The number of anilines is 2. The number of nitrogen functional groups attached to an aromatic ring is 1. The van der Waals surface area contributed by atoms with Crippen molar-refractivity contribution in [2.75, 3.05) is 10.5 Å². The Balaban J connectivity index is 2.47. The van der Waals surface area contributed by atoms with Crippen molar-refractivity contribution in [3.63, 3.8) is 0 Å². The van der Waals surface area contributed by atoms with Crippen LogP contribution in [0.1, 0.15) is 11.3 Å². The zero-order valence-electron chi connectivity index (χ0n) is 11.0. The summed E-state index contributed by atoms with van der Waals surface area (Å²) >= 11 is 0. The number of hydrogen-bond acceptors (Lipinski definition) is 4. The summed E-state index contributed by atoms with van der Waals surface area (Å²) < 4.78 is 28.7. The van der Waals surface area contributed by atoms with E-state index in [1.54, 1.807) is 26.1 Å². The molecule has 0 saturated carbocycles. The molecule has 3 N–H and O–H groups in total. The van der Waals surface area contributed by atoms with Gasteiger partial charge in [0.1, 0.15) is 0 Å². The Bertz CT molecular complexity index is 719. The van der Waals surface area contributed by atoms with Gasteiger partial charge in [0.2, 0.25) is 0 Å². The molecule has 0 aliphatic heterocycles. The first-order valence-electron chi connectivity index (χ1n) is 5.70. The number of hydrogen-bond donors (Lipinski definition) is 2. The van der Waals surface area contributed by atoms with E-state index in [9.17, 15) is 8.42 Å². The van der Waals surface area contributed by atoms with E-state index in [-0.39, 0.29) is 10.7 Å². The first-order valence-corrected chi connectivity index (χ1v) is 7.19. The minimum atomic E-state index is -3.73. The van der Waals surface area contributed by atoms with Crippen LogP contribution in [-0.2, 0) is 17.1 Å². The predicted molar refractivity (Wildman–Crippen MR) is 74.3 cm³/mol. The second-order valence-corrected chi connectivity index (χ2v) is 5.96. The Kier molecular flexibility index (Phi) is 3.23. The van der Waals surface area contributed by atoms with Gasteiger partial charge in [-0.2, -0.15) is 5.10 Å². The Hall–Kier alpha value is -2.02. The monoisotopic (exact) mass is 280 g/mol. The summed E-state index contributed by atoms with van der Waals surface area (Å²) in [5.74, 6) is 0.00100. The van der Waals surface area contributed by atoms with E-state index < -0.39 is 10.0 Å². The van der Waals surface area contributed by atoms with Crippen molar-refractivity contribution in [1.29, 1.82) is 0 Å². The summed E-state index contributed by atoms with van der Waals surface area (Å²) in [6, 6.07) is 7.15. The van der Waals surface area contributed by atoms with Gasteiger partial charge in [0.15, 0.2) is 10.7 Å². The zero-order chi connectivity index (χ0) is 14.2. The number of benzene rings is 1. The largest absolute Gasteiger partial charge is 0.381 e. The number of nitrogens with zero attached hydrogens (tertiary/aromatic N) is 2. The van der Waals surface area contributed by atoms with Gasteiger partial charge in [-0.15, -0.1) is 0 Å². The Morgan fingerprint density at radius 1 is 1.26 bits per heavy atom. The highest BCUT2D eigenvalue weighted by molar-refractivity contribution is 7.93. The summed E-state index contributed by atoms with van der Waals surface area (Å²) in [7, 11) is -2.08. The number of aryl methyl sites for hydroxylation is 2. The third-order valence-electron chi connectivity index (χ3n) is 2.96. The first kappa shape index (κ1) is 13.4. The molecule has 0 radical (unpaired) electrons. The van der Waals surface area contributed by atoms with Gasteiger partial charge in [0, 0.05) is 7.05 Å². The van der Waals surface area contributed by atoms with Crippen LogP contribution in [0.25, 0.3) is 0 Å². The lowest BCUT2D eigenvalue weighted by atomic mass is 10.2. The third-order valence-corrected chi connectivity index (χ3v) is 4.49. The van der Waals surface area contributed by atoms with Crippen LogP contribution in [0, 0.1) is 13.8 Å². The van der Waals surface area contributed by atoms with Crippen LogP contribution in [-0.4, -0.2) is 18.2 Å². The van der Waals surface area contributed by atoms with Gasteiger partial charge >= 0.3 is 0 Å². The Morgan fingerprint density at radius 2 is 1.89 bits per heavy atom. The smallest absolute Gasteiger partial charge is 0.267 e. The SMILES string of the molecule is Cc1ccccc1NS(=O)(=O)c1c(N)nn(C)c1C. The van der Waals surface area contributed by atoms with Crippen LogP contribution in [0.15, 0.2) is 29.2 Å². The minimum Gasteiger partial charge on any atom is -0.381 e. The summed E-state index contributed by atoms with van der Waals surface area (Å²) in [6.45, 7) is 3.49. The lowest BCUT2D eigenvalue weighted by Gasteiger charge is -2.10. The van der Waals surface area contributed by atoms with Gasteiger partial charge in [-0.05, 0) is 25.5 Å². The van der Waals surface area contributed by atoms with Crippen LogP contribution >= 0.6 is 0 Å². The molecule has 6 nitrogen and oxygen atoms in total. The van der Waals surface area contributed by atoms with E-state index in [4.69, 9.17) is 5.73 Å². The van der Waals surface area contributed by atoms with E-state index in [2.05, 4.69) is 9.82 Å². The van der Waals surface area contributed by atoms with Gasteiger partial charge in [-0.1, -0.05) is 18.2 Å². The molecule has 0 aliphatic rings. The number of sulfonamides is 1. The highest BCUT2D eigenvalue weighted by Gasteiger charge is 2.24. The van der Waals surface area contributed by atoms with Crippen molar-refractivity contribution in [1.82, 2.24) is 9.78 Å². The van der Waals surface area contributed by atoms with E-state index >= 15 is 0 Å². The average Bonchev–Trinajstić information content (AvgIpc) is 2.56. The number of para-hydroxylation sites is 1. The molecule has 102 valence electrons. The zero-order valence-corrected chi connectivity index (χ0v) is 11.8. The normalized spacial score (nSPS) is 11.5. The van der Waals surface area contributed by atoms with Gasteiger partial charge in [0.25, 0.3) is 10.0 Å². The molecule has 0 spiro atoms. The summed E-state index contributed by atoms with van der Waals surface area (Å²) in [4.78, 5) is 0.0262. The molecule has 19 heavy (non-hydrogen) atoms. The van der Waals surface area contributed by atoms with Crippen molar-refractivity contribution < 1.29 is 8.42 Å². The quantitative estimate of drug-likeness (QED) is 0.889. The molecular weight excluding hydrogens is 264 g/mol. The molecule has 0 atom stereocenters. The highest BCUT2D eigenvalue weighted by Crippen LogP contribution is 2.25. The maximum Gasteiger partial charge on any atom is 0.267 e. The van der Waals surface area contributed by atoms with Gasteiger partial charge < -0.3 is 5.73 Å². The van der Waals surface area contributed by atoms with Crippen molar-refractivity contribution in [3.05, 3.63) is 35.5 Å². The Labute approximate surface area is 112 Å². The summed E-state index contributed by atoms with van der Waals surface area (Å²) in [6.07, 6.45) is 0. The molecule has 0 bridgehead atoms. The Morgan fingerprint density at radius 3 is 2.42 bits per heavy atom. The van der Waals surface area contributed by atoms with E-state index in [1.165, 1.54) is 4.68 Å². The third kappa shape index (κ3) is 2.41. The van der Waals surface area contributed by atoms with Crippen LogP contribution in [0.3, 0.4) is 0 Å². The van der Waals surface area contributed by atoms with Crippen molar-refractivity contribution in [2.45, 2.75) is 18.7 Å². The molecule has 0 fully saturated rings. The molecule has 0 aliphatic carbocycles. The van der Waals surface area contributed by atoms with E-state index in [1.807, 2.05) is 19.1 Å². The fourth-order valence-corrected chi connectivity index (χ4v) is 3.29. The molecule has 1 aromatic heterocycles. The van der Waals surface area contributed by atoms with Crippen LogP contribution in [0.4, 0.5) is 11.5 Å². The molecular formula is C12H16N4O2S. The van der Waals surface area contributed by atoms with Crippen LogP contribution in [0.5, 0.6) is 0 Å². The molecule has 0 saturated heterocycles. The molecule has 0 amide bonds. The maximum atomic E-state index is 12.4. The van der Waals surface area contributed by atoms with Crippen molar-refractivity contribution in [3.8, 4) is 0 Å². The topological polar surface area (TPSA) is 90.0 Å². The number of rotatable bonds is 3. The fourth-order valence-electron chi connectivity index (χ4n) is 1.83. The lowest BCUT2D eigenvalue weighted by molar-refractivity contribution is 0.600. The number of aromatic nitrogens is 2. The summed E-state index contributed by atoms with van der Waals surface area (Å²) in [5, 5.41) is 3.92. The standard InChI is InChI=1S/C12H16N4O2S/c1-8-6-4-5-7-10(8)15-19(17,18)11-9(2)16(3)14-12(11)13/h4-7,15H,1-3H3,(H2,13,14). The lowest BCUT2D eigenvalue weighted by Crippen LogP contribution is -2.15. The molecule has 1 heterocycles. The molecule has 2 rings (SSSR count). The minimum absolute atomic E-state index is 0.00100. The van der Waals surface area contributed by atoms with E-state index in [0.717, 1.165) is 5.56 Å². The van der Waals surface area contributed by atoms with Crippen molar-refractivity contribution >= 4 is 21.5 Å². The first-order chi connectivity index (χ1) is 8.83. The second-order valence-electron chi connectivity index (χ2n) is 4.34. The second kappa shape index (κ2) is 4.58. The van der Waals surface area contributed by atoms with Gasteiger partial charge in [-0.25, -0.2) is 8.42 Å². The molecule has 0 unspecified atom stereocenters. The fraction of sp³-hybridized carbons (Fsp3) is 0.250. The van der Waals surface area contributed by atoms with Gasteiger partial charge in [0.05, 0.1) is 11.4 Å². The predicted octanol–water partition coefficient (Wildman–Crippen LogP) is 1.42. The van der Waals surface area contributed by atoms with Gasteiger partial charge in [-0.3, -0.25) is 9.40 Å².